The summed E-state index contributed by atoms with van der Waals surface area (Å²) in [5.74, 6) is 1.11. The maximum Gasteiger partial charge on any atom is 0.271 e. The maximum absolute atomic E-state index is 11.9. The number of carbonyl (C=O) groups is 1. The van der Waals surface area contributed by atoms with Gasteiger partial charge in [0.05, 0.1) is 25.8 Å². The number of rotatable bonds is 5. The highest BCUT2D eigenvalue weighted by Gasteiger charge is 2.14. The molecule has 5 nitrogen and oxygen atoms in total. The summed E-state index contributed by atoms with van der Waals surface area (Å²) in [6.45, 7) is 1.91. The summed E-state index contributed by atoms with van der Waals surface area (Å²) in [7, 11) is 3.17. The molecule has 0 bridgehead atoms. The number of hydrogen-bond acceptors (Lipinski definition) is 5. The van der Waals surface area contributed by atoms with E-state index in [1.807, 2.05) is 25.1 Å². The molecule has 2 rings (SSSR count). The van der Waals surface area contributed by atoms with Crippen molar-refractivity contribution in [3.05, 3.63) is 40.3 Å². The van der Waals surface area contributed by atoms with Crippen LogP contribution in [0.5, 0.6) is 11.5 Å². The second kappa shape index (κ2) is 6.38. The number of ether oxygens (including phenoxy) is 2. The fourth-order valence-electron chi connectivity index (χ4n) is 1.80. The van der Waals surface area contributed by atoms with Crippen LogP contribution in [0.1, 0.15) is 29.0 Å². The van der Waals surface area contributed by atoms with E-state index in [-0.39, 0.29) is 11.9 Å². The lowest BCUT2D eigenvalue weighted by molar-refractivity contribution is 0.0935. The van der Waals surface area contributed by atoms with Crippen molar-refractivity contribution in [1.29, 1.82) is 0 Å². The molecule has 1 atom stereocenters. The van der Waals surface area contributed by atoms with E-state index >= 15 is 0 Å². The Morgan fingerprint density at radius 3 is 2.65 bits per heavy atom. The standard InChI is InChI=1S/C14H16N2O3S/c1-9(16-14(17)11-7-20-8-15-11)10-4-5-12(18-2)13(6-10)19-3/h4-9H,1-3H3,(H,16,17). The Bertz CT molecular complexity index is 584. The normalized spacial score (nSPS) is 11.8. The average Bonchev–Trinajstić information content (AvgIpc) is 3.00. The molecule has 0 saturated carbocycles. The van der Waals surface area contributed by atoms with Crippen molar-refractivity contribution in [2.24, 2.45) is 0 Å². The van der Waals surface area contributed by atoms with E-state index in [0.717, 1.165) is 5.56 Å². The largest absolute Gasteiger partial charge is 0.493 e. The van der Waals surface area contributed by atoms with Gasteiger partial charge in [-0.1, -0.05) is 6.07 Å². The molecule has 0 fully saturated rings. The highest BCUT2D eigenvalue weighted by molar-refractivity contribution is 7.07. The Labute approximate surface area is 121 Å². The number of hydrogen-bond donors (Lipinski definition) is 1. The van der Waals surface area contributed by atoms with Gasteiger partial charge in [-0.25, -0.2) is 4.98 Å². The number of benzene rings is 1. The van der Waals surface area contributed by atoms with Crippen molar-refractivity contribution in [3.8, 4) is 11.5 Å². The molecule has 106 valence electrons. The minimum atomic E-state index is -0.187. The molecule has 1 amide bonds. The van der Waals surface area contributed by atoms with Gasteiger partial charge >= 0.3 is 0 Å². The molecule has 1 aromatic heterocycles. The molecule has 2 aromatic rings. The first-order valence-corrected chi connectivity index (χ1v) is 7.01. The van der Waals surface area contributed by atoms with Gasteiger partial charge in [-0.05, 0) is 24.6 Å². The van der Waals surface area contributed by atoms with E-state index in [1.54, 1.807) is 25.1 Å². The van der Waals surface area contributed by atoms with E-state index in [4.69, 9.17) is 9.47 Å². The minimum absolute atomic E-state index is 0.149. The summed E-state index contributed by atoms with van der Waals surface area (Å²) in [5.41, 5.74) is 3.00. The zero-order valence-electron chi connectivity index (χ0n) is 11.5. The summed E-state index contributed by atoms with van der Waals surface area (Å²) < 4.78 is 10.4. The topological polar surface area (TPSA) is 60.5 Å². The lowest BCUT2D eigenvalue weighted by atomic mass is 10.1. The van der Waals surface area contributed by atoms with Crippen LogP contribution in [-0.4, -0.2) is 25.1 Å². The molecule has 0 saturated heterocycles. The number of aromatic nitrogens is 1. The third kappa shape index (κ3) is 3.08. The Balaban J connectivity index is 2.13. The highest BCUT2D eigenvalue weighted by Crippen LogP contribution is 2.29. The van der Waals surface area contributed by atoms with Gasteiger partial charge in [0, 0.05) is 5.38 Å². The Morgan fingerprint density at radius 2 is 2.05 bits per heavy atom. The molecular formula is C14H16N2O3S. The molecule has 0 aliphatic heterocycles. The number of carbonyl (C=O) groups excluding carboxylic acids is 1. The molecule has 0 spiro atoms. The zero-order valence-corrected chi connectivity index (χ0v) is 12.4. The van der Waals surface area contributed by atoms with Gasteiger partial charge in [0.1, 0.15) is 5.69 Å². The van der Waals surface area contributed by atoms with Crippen LogP contribution < -0.4 is 14.8 Å². The third-order valence-corrected chi connectivity index (χ3v) is 3.51. The second-order valence-electron chi connectivity index (χ2n) is 4.18. The molecule has 1 N–H and O–H groups in total. The van der Waals surface area contributed by atoms with Crippen LogP contribution in [0, 0.1) is 0 Å². The molecule has 1 unspecified atom stereocenters. The fraction of sp³-hybridized carbons (Fsp3) is 0.286. The van der Waals surface area contributed by atoms with Gasteiger partial charge in [-0.3, -0.25) is 4.79 Å². The molecular weight excluding hydrogens is 276 g/mol. The molecule has 20 heavy (non-hydrogen) atoms. The smallest absolute Gasteiger partial charge is 0.271 e. The molecule has 0 radical (unpaired) electrons. The first-order chi connectivity index (χ1) is 9.65. The van der Waals surface area contributed by atoms with Crippen molar-refractivity contribution in [2.75, 3.05) is 14.2 Å². The van der Waals surface area contributed by atoms with Gasteiger partial charge in [-0.2, -0.15) is 0 Å². The molecule has 1 aromatic carbocycles. The van der Waals surface area contributed by atoms with Crippen LogP contribution in [0.15, 0.2) is 29.1 Å². The van der Waals surface area contributed by atoms with Crippen molar-refractivity contribution in [3.63, 3.8) is 0 Å². The lowest BCUT2D eigenvalue weighted by Gasteiger charge is -2.16. The lowest BCUT2D eigenvalue weighted by Crippen LogP contribution is -2.26. The van der Waals surface area contributed by atoms with Crippen LogP contribution in [0.4, 0.5) is 0 Å². The predicted octanol–water partition coefficient (Wildman–Crippen LogP) is 2.65. The van der Waals surface area contributed by atoms with Crippen molar-refractivity contribution in [2.45, 2.75) is 13.0 Å². The first kappa shape index (κ1) is 14.3. The van der Waals surface area contributed by atoms with Gasteiger partial charge in [0.15, 0.2) is 11.5 Å². The van der Waals surface area contributed by atoms with Crippen LogP contribution in [0.3, 0.4) is 0 Å². The second-order valence-corrected chi connectivity index (χ2v) is 4.90. The average molecular weight is 292 g/mol. The molecule has 0 aliphatic carbocycles. The number of thiazole rings is 1. The fourth-order valence-corrected chi connectivity index (χ4v) is 2.33. The number of amides is 1. The van der Waals surface area contributed by atoms with E-state index in [1.165, 1.54) is 11.3 Å². The zero-order chi connectivity index (χ0) is 14.5. The van der Waals surface area contributed by atoms with Gasteiger partial charge in [0.2, 0.25) is 0 Å². The minimum Gasteiger partial charge on any atom is -0.493 e. The number of nitrogens with one attached hydrogen (secondary N) is 1. The maximum atomic E-state index is 11.9. The van der Waals surface area contributed by atoms with E-state index in [9.17, 15) is 4.79 Å². The van der Waals surface area contributed by atoms with Crippen molar-refractivity contribution < 1.29 is 14.3 Å². The van der Waals surface area contributed by atoms with Gasteiger partial charge in [-0.15, -0.1) is 11.3 Å². The van der Waals surface area contributed by atoms with E-state index in [2.05, 4.69) is 10.3 Å². The Hall–Kier alpha value is -2.08. The predicted molar refractivity (Wildman–Crippen MR) is 77.5 cm³/mol. The third-order valence-electron chi connectivity index (χ3n) is 2.92. The molecule has 1 heterocycles. The summed E-state index contributed by atoms with van der Waals surface area (Å²) in [6.07, 6.45) is 0. The van der Waals surface area contributed by atoms with E-state index in [0.29, 0.717) is 17.2 Å². The SMILES string of the molecule is COc1ccc(C(C)NC(=O)c2cscn2)cc1OC. The molecule has 6 heteroatoms. The quantitative estimate of drug-likeness (QED) is 0.920. The first-order valence-electron chi connectivity index (χ1n) is 6.06. The van der Waals surface area contributed by atoms with Crippen LogP contribution in [-0.2, 0) is 0 Å². The highest BCUT2D eigenvalue weighted by atomic mass is 32.1. The van der Waals surface area contributed by atoms with Gasteiger partial charge < -0.3 is 14.8 Å². The Morgan fingerprint density at radius 1 is 1.30 bits per heavy atom. The Kier molecular flexibility index (Phi) is 4.57. The number of nitrogens with zero attached hydrogens (tertiary/aromatic N) is 1. The number of methoxy groups -OCH3 is 2. The van der Waals surface area contributed by atoms with Crippen molar-refractivity contribution in [1.82, 2.24) is 10.3 Å². The van der Waals surface area contributed by atoms with Crippen LogP contribution in [0.25, 0.3) is 0 Å². The summed E-state index contributed by atoms with van der Waals surface area (Å²) in [5, 5.41) is 4.62. The van der Waals surface area contributed by atoms with Gasteiger partial charge in [0.25, 0.3) is 5.91 Å². The summed E-state index contributed by atoms with van der Waals surface area (Å²) in [6, 6.07) is 5.42. The van der Waals surface area contributed by atoms with Crippen molar-refractivity contribution >= 4 is 17.2 Å². The van der Waals surface area contributed by atoms with Crippen LogP contribution in [0.2, 0.25) is 0 Å². The summed E-state index contributed by atoms with van der Waals surface area (Å²) in [4.78, 5) is 15.9. The van der Waals surface area contributed by atoms with Crippen LogP contribution >= 0.6 is 11.3 Å². The monoisotopic (exact) mass is 292 g/mol. The summed E-state index contributed by atoms with van der Waals surface area (Å²) >= 11 is 1.39. The van der Waals surface area contributed by atoms with E-state index < -0.39 is 0 Å². The molecule has 0 aliphatic rings.